The SMILES string of the molecule is O=C(CC1CC2CCC1C2)NCCN1C(=O)S/C(=C/c2ccccc2F)C1=O. The van der Waals surface area contributed by atoms with Crippen LogP contribution >= 0.6 is 11.8 Å². The van der Waals surface area contributed by atoms with Crippen molar-refractivity contribution in [1.82, 2.24) is 10.2 Å². The molecule has 3 atom stereocenters. The first-order valence-electron chi connectivity index (χ1n) is 9.78. The lowest BCUT2D eigenvalue weighted by atomic mass is 9.86. The van der Waals surface area contributed by atoms with Crippen molar-refractivity contribution >= 4 is 34.9 Å². The third-order valence-electron chi connectivity index (χ3n) is 6.06. The molecule has 2 aliphatic carbocycles. The second-order valence-electron chi connectivity index (χ2n) is 7.84. The highest BCUT2D eigenvalue weighted by molar-refractivity contribution is 8.18. The number of carbonyl (C=O) groups is 3. The third-order valence-corrected chi connectivity index (χ3v) is 6.96. The quantitative estimate of drug-likeness (QED) is 0.735. The fraction of sp³-hybridized carbons (Fsp3) is 0.476. The molecule has 4 rings (SSSR count). The molecule has 0 aromatic heterocycles. The maximum atomic E-state index is 13.8. The summed E-state index contributed by atoms with van der Waals surface area (Å²) in [7, 11) is 0. The van der Waals surface area contributed by atoms with Gasteiger partial charge < -0.3 is 5.32 Å². The summed E-state index contributed by atoms with van der Waals surface area (Å²) in [6, 6.07) is 6.10. The van der Waals surface area contributed by atoms with Crippen LogP contribution in [0.4, 0.5) is 9.18 Å². The number of thioether (sulfide) groups is 1. The van der Waals surface area contributed by atoms with E-state index in [4.69, 9.17) is 0 Å². The highest BCUT2D eigenvalue weighted by Gasteiger charge is 2.40. The standard InChI is InChI=1S/C21H23FN2O3S/c22-17-4-2-1-3-15(17)11-18-20(26)24(21(27)28-18)8-7-23-19(25)12-16-10-13-5-6-14(16)9-13/h1-4,11,13-14,16H,5-10,12H2,(H,23,25)/b18-11+. The van der Waals surface area contributed by atoms with E-state index in [2.05, 4.69) is 5.32 Å². The van der Waals surface area contributed by atoms with Crippen LogP contribution in [0.5, 0.6) is 0 Å². The lowest BCUT2D eigenvalue weighted by molar-refractivity contribution is -0.124. The summed E-state index contributed by atoms with van der Waals surface area (Å²) >= 11 is 0.798. The van der Waals surface area contributed by atoms with Gasteiger partial charge in [0.25, 0.3) is 11.1 Å². The number of amides is 3. The number of nitrogens with one attached hydrogen (secondary N) is 1. The Morgan fingerprint density at radius 1 is 1.25 bits per heavy atom. The molecule has 1 saturated heterocycles. The van der Waals surface area contributed by atoms with Crippen molar-refractivity contribution in [1.29, 1.82) is 0 Å². The molecular formula is C21H23FN2O3S. The Balaban J connectivity index is 1.28. The summed E-state index contributed by atoms with van der Waals surface area (Å²) < 4.78 is 13.8. The molecule has 1 aliphatic heterocycles. The van der Waals surface area contributed by atoms with Crippen molar-refractivity contribution in [2.75, 3.05) is 13.1 Å². The lowest BCUT2D eigenvalue weighted by Gasteiger charge is -2.21. The Bertz CT molecular complexity index is 841. The van der Waals surface area contributed by atoms with Gasteiger partial charge in [-0.05, 0) is 60.9 Å². The van der Waals surface area contributed by atoms with Crippen molar-refractivity contribution in [3.8, 4) is 0 Å². The van der Waals surface area contributed by atoms with Gasteiger partial charge in [-0.3, -0.25) is 19.3 Å². The Kier molecular flexibility index (Phi) is 5.53. The van der Waals surface area contributed by atoms with Gasteiger partial charge in [-0.25, -0.2) is 4.39 Å². The second kappa shape index (κ2) is 8.07. The molecule has 3 aliphatic rings. The first-order chi connectivity index (χ1) is 13.5. The minimum Gasteiger partial charge on any atom is -0.354 e. The molecule has 1 N–H and O–H groups in total. The number of benzene rings is 1. The molecule has 3 unspecified atom stereocenters. The maximum Gasteiger partial charge on any atom is 0.293 e. The average Bonchev–Trinajstić information content (AvgIpc) is 3.34. The van der Waals surface area contributed by atoms with Crippen LogP contribution in [0.2, 0.25) is 0 Å². The molecule has 2 saturated carbocycles. The molecule has 3 amide bonds. The number of hydrogen-bond acceptors (Lipinski definition) is 4. The number of nitrogens with zero attached hydrogens (tertiary/aromatic N) is 1. The van der Waals surface area contributed by atoms with Gasteiger partial charge in [0, 0.05) is 25.1 Å². The molecule has 1 aromatic carbocycles. The van der Waals surface area contributed by atoms with E-state index in [1.807, 2.05) is 0 Å². The highest BCUT2D eigenvalue weighted by atomic mass is 32.2. The fourth-order valence-corrected chi connectivity index (χ4v) is 5.53. The molecule has 0 radical (unpaired) electrons. The Morgan fingerprint density at radius 2 is 2.07 bits per heavy atom. The normalized spacial score (nSPS) is 27.8. The van der Waals surface area contributed by atoms with E-state index in [1.165, 1.54) is 31.4 Å². The summed E-state index contributed by atoms with van der Waals surface area (Å²) in [6.07, 6.45) is 6.91. The van der Waals surface area contributed by atoms with Crippen molar-refractivity contribution in [3.05, 3.63) is 40.6 Å². The minimum absolute atomic E-state index is 0.00794. The molecule has 1 aromatic rings. The Labute approximate surface area is 167 Å². The molecule has 7 heteroatoms. The van der Waals surface area contributed by atoms with Crippen molar-refractivity contribution in [3.63, 3.8) is 0 Å². The number of rotatable bonds is 6. The van der Waals surface area contributed by atoms with Gasteiger partial charge in [0.2, 0.25) is 5.91 Å². The first-order valence-corrected chi connectivity index (χ1v) is 10.6. The minimum atomic E-state index is -0.444. The largest absolute Gasteiger partial charge is 0.354 e. The lowest BCUT2D eigenvalue weighted by Crippen LogP contribution is -2.38. The third kappa shape index (κ3) is 3.99. The molecule has 1 heterocycles. The topological polar surface area (TPSA) is 66.5 Å². The molecule has 2 bridgehead atoms. The van der Waals surface area contributed by atoms with E-state index in [0.717, 1.165) is 29.0 Å². The van der Waals surface area contributed by atoms with Crippen LogP contribution in [0.3, 0.4) is 0 Å². The second-order valence-corrected chi connectivity index (χ2v) is 8.84. The zero-order valence-corrected chi connectivity index (χ0v) is 16.3. The van der Waals surface area contributed by atoms with Crippen LogP contribution in [0, 0.1) is 23.6 Å². The summed E-state index contributed by atoms with van der Waals surface area (Å²) in [5, 5.41) is 2.44. The molecular weight excluding hydrogens is 379 g/mol. The van der Waals surface area contributed by atoms with Crippen LogP contribution in [0.1, 0.15) is 37.7 Å². The first kappa shape index (κ1) is 19.2. The fourth-order valence-electron chi connectivity index (χ4n) is 4.67. The zero-order chi connectivity index (χ0) is 19.7. The predicted molar refractivity (Wildman–Crippen MR) is 106 cm³/mol. The van der Waals surface area contributed by atoms with Gasteiger partial charge in [-0.2, -0.15) is 0 Å². The van der Waals surface area contributed by atoms with Crippen molar-refractivity contribution in [2.45, 2.75) is 32.1 Å². The van der Waals surface area contributed by atoms with Gasteiger partial charge in [0.05, 0.1) is 4.91 Å². The molecule has 28 heavy (non-hydrogen) atoms. The molecule has 148 valence electrons. The van der Waals surface area contributed by atoms with Gasteiger partial charge in [-0.1, -0.05) is 24.6 Å². The van der Waals surface area contributed by atoms with Crippen LogP contribution < -0.4 is 5.32 Å². The summed E-state index contributed by atoms with van der Waals surface area (Å²) in [6.45, 7) is 0.367. The number of carbonyl (C=O) groups excluding carboxylic acids is 3. The smallest absolute Gasteiger partial charge is 0.293 e. The highest BCUT2D eigenvalue weighted by Crippen LogP contribution is 2.49. The van der Waals surface area contributed by atoms with E-state index in [-0.39, 0.29) is 29.5 Å². The number of hydrogen-bond donors (Lipinski definition) is 1. The maximum absolute atomic E-state index is 13.8. The zero-order valence-electron chi connectivity index (χ0n) is 15.5. The van der Waals surface area contributed by atoms with Gasteiger partial charge in [0.1, 0.15) is 5.82 Å². The van der Waals surface area contributed by atoms with Crippen LogP contribution in [-0.4, -0.2) is 35.0 Å². The van der Waals surface area contributed by atoms with Gasteiger partial charge in [0.15, 0.2) is 0 Å². The Morgan fingerprint density at radius 3 is 2.79 bits per heavy atom. The summed E-state index contributed by atoms with van der Waals surface area (Å²) in [5.74, 6) is 1.09. The molecule has 3 fully saturated rings. The summed E-state index contributed by atoms with van der Waals surface area (Å²) in [5.41, 5.74) is 0.271. The summed E-state index contributed by atoms with van der Waals surface area (Å²) in [4.78, 5) is 38.1. The van der Waals surface area contributed by atoms with E-state index < -0.39 is 17.0 Å². The number of imide groups is 1. The van der Waals surface area contributed by atoms with E-state index in [0.29, 0.717) is 18.3 Å². The van der Waals surface area contributed by atoms with Gasteiger partial charge in [-0.15, -0.1) is 0 Å². The molecule has 0 spiro atoms. The molecule has 5 nitrogen and oxygen atoms in total. The van der Waals surface area contributed by atoms with Crippen LogP contribution in [0.15, 0.2) is 29.2 Å². The predicted octanol–water partition coefficient (Wildman–Crippen LogP) is 3.80. The van der Waals surface area contributed by atoms with Crippen molar-refractivity contribution in [2.24, 2.45) is 17.8 Å². The van der Waals surface area contributed by atoms with E-state index in [9.17, 15) is 18.8 Å². The van der Waals surface area contributed by atoms with E-state index >= 15 is 0 Å². The number of fused-ring (bicyclic) bond motifs is 2. The van der Waals surface area contributed by atoms with E-state index in [1.54, 1.807) is 18.2 Å². The van der Waals surface area contributed by atoms with Crippen molar-refractivity contribution < 1.29 is 18.8 Å². The monoisotopic (exact) mass is 402 g/mol. The average molecular weight is 402 g/mol. The number of halogens is 1. The van der Waals surface area contributed by atoms with Crippen LogP contribution in [0.25, 0.3) is 6.08 Å². The van der Waals surface area contributed by atoms with Crippen LogP contribution in [-0.2, 0) is 9.59 Å². The Hall–Kier alpha value is -2.15. The van der Waals surface area contributed by atoms with Gasteiger partial charge >= 0.3 is 0 Å².